The Morgan fingerprint density at radius 3 is 1.96 bits per heavy atom. The van der Waals surface area contributed by atoms with E-state index in [1.165, 1.54) is 64.2 Å². The Hall–Kier alpha value is -0.460. The average molecular weight is 387 g/mol. The molecule has 1 aliphatic rings. The number of aliphatic hydroxyl groups excluding tert-OH is 3. The van der Waals surface area contributed by atoms with Crippen LogP contribution in [0.25, 0.3) is 0 Å². The molecule has 0 bridgehead atoms. The molecule has 0 radical (unpaired) electrons. The van der Waals surface area contributed by atoms with Gasteiger partial charge in [-0.15, -0.1) is 6.58 Å². The Labute approximate surface area is 165 Å². The second-order valence-electron chi connectivity index (χ2n) is 7.77. The van der Waals surface area contributed by atoms with Crippen molar-refractivity contribution in [1.82, 2.24) is 0 Å². The lowest BCUT2D eigenvalue weighted by molar-refractivity contribution is -0.0938. The molecule has 0 amide bonds. The monoisotopic (exact) mass is 386 g/mol. The molecule has 1 saturated heterocycles. The highest BCUT2D eigenvalue weighted by Gasteiger charge is 2.40. The van der Waals surface area contributed by atoms with Crippen LogP contribution in [0, 0.1) is 0 Å². The molecule has 1 fully saturated rings. The lowest BCUT2D eigenvalue weighted by Gasteiger charge is -2.23. The van der Waals surface area contributed by atoms with Gasteiger partial charge in [0.05, 0.1) is 13.2 Å². The highest BCUT2D eigenvalue weighted by atomic mass is 16.6. The largest absolute Gasteiger partial charge is 0.394 e. The predicted molar refractivity (Wildman–Crippen MR) is 109 cm³/mol. The second kappa shape index (κ2) is 16.5. The van der Waals surface area contributed by atoms with E-state index in [2.05, 4.69) is 6.58 Å². The van der Waals surface area contributed by atoms with Crippen LogP contribution in [-0.4, -0.2) is 59.6 Å². The first kappa shape index (κ1) is 24.6. The summed E-state index contributed by atoms with van der Waals surface area (Å²) in [7, 11) is 0. The molecule has 1 rings (SSSR count). The maximum atomic E-state index is 9.87. The van der Waals surface area contributed by atoms with Gasteiger partial charge in [0.1, 0.15) is 24.4 Å². The van der Waals surface area contributed by atoms with Crippen LogP contribution in [-0.2, 0) is 9.47 Å². The average Bonchev–Trinajstić information content (AvgIpc) is 3.04. The fourth-order valence-corrected chi connectivity index (χ4v) is 3.64. The number of hydrogen-bond donors (Lipinski definition) is 3. The van der Waals surface area contributed by atoms with Gasteiger partial charge < -0.3 is 24.8 Å². The summed E-state index contributed by atoms with van der Waals surface area (Å²) in [5.41, 5.74) is 0. The number of unbranched alkanes of at least 4 members (excludes halogenated alkanes) is 12. The Morgan fingerprint density at radius 2 is 1.44 bits per heavy atom. The zero-order valence-corrected chi connectivity index (χ0v) is 17.1. The van der Waals surface area contributed by atoms with Crippen molar-refractivity contribution < 1.29 is 24.8 Å². The smallest absolute Gasteiger partial charge is 0.114 e. The lowest BCUT2D eigenvalue weighted by atomic mass is 10.0. The molecule has 0 aliphatic carbocycles. The molecule has 0 unspecified atom stereocenters. The second-order valence-corrected chi connectivity index (χ2v) is 7.77. The topological polar surface area (TPSA) is 79.2 Å². The summed E-state index contributed by atoms with van der Waals surface area (Å²) in [5, 5.41) is 28.6. The minimum Gasteiger partial charge on any atom is -0.394 e. The molecule has 5 heteroatoms. The first-order valence-electron chi connectivity index (χ1n) is 11.0. The maximum absolute atomic E-state index is 9.87. The van der Waals surface area contributed by atoms with E-state index >= 15 is 0 Å². The zero-order valence-electron chi connectivity index (χ0n) is 17.1. The summed E-state index contributed by atoms with van der Waals surface area (Å²) in [6.07, 6.45) is 15.6. The lowest BCUT2D eigenvalue weighted by Crippen LogP contribution is -2.42. The summed E-state index contributed by atoms with van der Waals surface area (Å²) in [6.45, 7) is 4.09. The van der Waals surface area contributed by atoms with Crippen LogP contribution in [0.3, 0.4) is 0 Å². The van der Waals surface area contributed by atoms with Gasteiger partial charge in [0, 0.05) is 6.61 Å². The summed E-state index contributed by atoms with van der Waals surface area (Å²) in [4.78, 5) is 0. The van der Waals surface area contributed by atoms with Gasteiger partial charge in [0.15, 0.2) is 0 Å². The zero-order chi connectivity index (χ0) is 19.7. The van der Waals surface area contributed by atoms with E-state index in [4.69, 9.17) is 14.6 Å². The van der Waals surface area contributed by atoms with Crippen molar-refractivity contribution in [2.45, 2.75) is 108 Å². The van der Waals surface area contributed by atoms with E-state index in [0.29, 0.717) is 6.61 Å². The molecule has 5 nitrogen and oxygen atoms in total. The molecule has 0 aromatic rings. The van der Waals surface area contributed by atoms with E-state index in [-0.39, 0.29) is 13.2 Å². The number of ether oxygens (including phenoxy) is 2. The SMILES string of the molecule is C=CCCCCCCCCCCCCCCO[C@@H]1[C@H]([C@H](O)CO)OC[C@@H]1O. The molecule has 0 aromatic carbocycles. The third-order valence-corrected chi connectivity index (χ3v) is 5.34. The summed E-state index contributed by atoms with van der Waals surface area (Å²) < 4.78 is 11.0. The molecule has 0 saturated carbocycles. The van der Waals surface area contributed by atoms with Gasteiger partial charge in [0.2, 0.25) is 0 Å². The molecule has 0 spiro atoms. The highest BCUT2D eigenvalue weighted by Crippen LogP contribution is 2.21. The third kappa shape index (κ3) is 11.2. The van der Waals surface area contributed by atoms with Crippen LogP contribution in [0.15, 0.2) is 12.7 Å². The molecule has 1 aliphatic heterocycles. The van der Waals surface area contributed by atoms with Crippen LogP contribution in [0.4, 0.5) is 0 Å². The van der Waals surface area contributed by atoms with Gasteiger partial charge >= 0.3 is 0 Å². The van der Waals surface area contributed by atoms with Crippen LogP contribution in [0.2, 0.25) is 0 Å². The molecule has 0 aromatic heterocycles. The Kier molecular flexibility index (Phi) is 15.0. The van der Waals surface area contributed by atoms with Crippen molar-refractivity contribution >= 4 is 0 Å². The molecule has 4 atom stereocenters. The minimum absolute atomic E-state index is 0.154. The van der Waals surface area contributed by atoms with Crippen molar-refractivity contribution in [1.29, 1.82) is 0 Å². The van der Waals surface area contributed by atoms with Gasteiger partial charge in [-0.3, -0.25) is 0 Å². The number of allylic oxidation sites excluding steroid dienone is 1. The molecule has 27 heavy (non-hydrogen) atoms. The predicted octanol–water partition coefficient (Wildman–Crippen LogP) is 3.74. The van der Waals surface area contributed by atoms with E-state index in [0.717, 1.165) is 19.3 Å². The van der Waals surface area contributed by atoms with Crippen LogP contribution in [0.1, 0.15) is 83.5 Å². The van der Waals surface area contributed by atoms with Crippen molar-refractivity contribution in [3.05, 3.63) is 12.7 Å². The summed E-state index contributed by atoms with van der Waals surface area (Å²) in [6, 6.07) is 0. The van der Waals surface area contributed by atoms with E-state index < -0.39 is 24.4 Å². The van der Waals surface area contributed by atoms with Crippen molar-refractivity contribution in [3.8, 4) is 0 Å². The Balaban J connectivity index is 1.87. The maximum Gasteiger partial charge on any atom is 0.114 e. The highest BCUT2D eigenvalue weighted by molar-refractivity contribution is 4.89. The molecular formula is C22H42O5. The van der Waals surface area contributed by atoms with Gasteiger partial charge in [-0.1, -0.05) is 70.3 Å². The van der Waals surface area contributed by atoms with E-state index in [9.17, 15) is 10.2 Å². The number of hydrogen-bond acceptors (Lipinski definition) is 5. The van der Waals surface area contributed by atoms with Crippen molar-refractivity contribution in [2.24, 2.45) is 0 Å². The number of rotatable bonds is 18. The van der Waals surface area contributed by atoms with Crippen LogP contribution < -0.4 is 0 Å². The first-order chi connectivity index (χ1) is 13.2. The quantitative estimate of drug-likeness (QED) is 0.247. The number of aliphatic hydroxyl groups is 3. The van der Waals surface area contributed by atoms with Gasteiger partial charge in [0.25, 0.3) is 0 Å². The molecular weight excluding hydrogens is 344 g/mol. The van der Waals surface area contributed by atoms with Crippen molar-refractivity contribution in [3.63, 3.8) is 0 Å². The molecule has 160 valence electrons. The summed E-state index contributed by atoms with van der Waals surface area (Å²) >= 11 is 0. The summed E-state index contributed by atoms with van der Waals surface area (Å²) in [5.74, 6) is 0. The van der Waals surface area contributed by atoms with Gasteiger partial charge in [-0.05, 0) is 19.3 Å². The standard InChI is InChI=1S/C22H42O5/c1-2-3-4-5-6-7-8-9-10-11-12-13-14-15-16-26-22-20(25)18-27-21(22)19(24)17-23/h2,19-25H,1,3-18H2/t19-,20+,21+,22+/m1/s1. The fraction of sp³-hybridized carbons (Fsp3) is 0.909. The van der Waals surface area contributed by atoms with Crippen LogP contribution >= 0.6 is 0 Å². The molecule has 1 heterocycles. The van der Waals surface area contributed by atoms with Gasteiger partial charge in [-0.2, -0.15) is 0 Å². The Bertz CT molecular complexity index is 350. The van der Waals surface area contributed by atoms with E-state index in [1.54, 1.807) is 0 Å². The third-order valence-electron chi connectivity index (χ3n) is 5.34. The Morgan fingerprint density at radius 1 is 0.926 bits per heavy atom. The van der Waals surface area contributed by atoms with Crippen molar-refractivity contribution in [2.75, 3.05) is 19.8 Å². The van der Waals surface area contributed by atoms with E-state index in [1.807, 2.05) is 6.08 Å². The van der Waals surface area contributed by atoms with Crippen LogP contribution in [0.5, 0.6) is 0 Å². The first-order valence-corrected chi connectivity index (χ1v) is 11.0. The normalized spacial score (nSPS) is 23.6. The fourth-order valence-electron chi connectivity index (χ4n) is 3.64. The minimum atomic E-state index is -1.00. The molecule has 3 N–H and O–H groups in total. The van der Waals surface area contributed by atoms with Gasteiger partial charge in [-0.25, -0.2) is 0 Å².